The maximum atomic E-state index is 6.70. The summed E-state index contributed by atoms with van der Waals surface area (Å²) in [6.07, 6.45) is 1.97. The van der Waals surface area contributed by atoms with Crippen LogP contribution in [0.4, 0.5) is 0 Å². The smallest absolute Gasteiger partial charge is 0.132 e. The molecule has 1 unspecified atom stereocenters. The molecule has 13 rings (SSSR count). The van der Waals surface area contributed by atoms with Gasteiger partial charge in [0.05, 0.1) is 5.41 Å². The number of ether oxygens (including phenoxy) is 1. The van der Waals surface area contributed by atoms with Crippen LogP contribution in [-0.4, -0.2) is 0 Å². The van der Waals surface area contributed by atoms with E-state index in [9.17, 15) is 0 Å². The van der Waals surface area contributed by atoms with Gasteiger partial charge in [-0.3, -0.25) is 0 Å². The van der Waals surface area contributed by atoms with Crippen molar-refractivity contribution in [2.24, 2.45) is 0 Å². The van der Waals surface area contributed by atoms with Gasteiger partial charge in [-0.05, 0) is 103 Å². The highest BCUT2D eigenvalue weighted by Gasteiger charge is 2.51. The first-order chi connectivity index (χ1) is 30.0. The van der Waals surface area contributed by atoms with Crippen molar-refractivity contribution >= 4 is 42.3 Å². The van der Waals surface area contributed by atoms with Crippen LogP contribution in [0, 0.1) is 0 Å². The van der Waals surface area contributed by atoms with Gasteiger partial charge >= 0.3 is 0 Å². The molecule has 0 saturated carbocycles. The highest BCUT2D eigenvalue weighted by Crippen LogP contribution is 2.63. The van der Waals surface area contributed by atoms with E-state index in [4.69, 9.17) is 4.74 Å². The normalized spacial score (nSPS) is 15.2. The van der Waals surface area contributed by atoms with Crippen LogP contribution in [0.1, 0.15) is 76.3 Å². The zero-order valence-corrected chi connectivity index (χ0v) is 35.0. The molecule has 0 N–H and O–H groups in total. The number of thiophene rings is 1. The summed E-state index contributed by atoms with van der Waals surface area (Å²) >= 11 is 1.95. The predicted molar refractivity (Wildman–Crippen MR) is 255 cm³/mol. The Morgan fingerprint density at radius 3 is 2.00 bits per heavy atom. The Hall–Kier alpha value is -6.74. The van der Waals surface area contributed by atoms with Crippen LogP contribution in [0.5, 0.6) is 11.5 Å². The first-order valence-corrected chi connectivity index (χ1v) is 22.5. The van der Waals surface area contributed by atoms with E-state index in [-0.39, 0.29) is 11.3 Å². The molecule has 0 radical (unpaired) electrons. The molecule has 10 aromatic rings. The Morgan fingerprint density at radius 2 is 1.16 bits per heavy atom. The SMILES string of the molecule is CC1(C)c2ccccc2-c2ccc(CCC(c3ccc4c(c3)-c3c(ccc5ccccc35)C43c4ccccc4Oc4ccccc43)c3cccc4c3sc3ccccc34)cc21. The minimum atomic E-state index is -0.519. The summed E-state index contributed by atoms with van der Waals surface area (Å²) in [5, 5.41) is 5.25. The van der Waals surface area contributed by atoms with Crippen molar-refractivity contribution in [3.63, 3.8) is 0 Å². The lowest BCUT2D eigenvalue weighted by Gasteiger charge is -2.39. The molecule has 9 aromatic carbocycles. The predicted octanol–water partition coefficient (Wildman–Crippen LogP) is 15.7. The van der Waals surface area contributed by atoms with Crippen LogP contribution in [0.15, 0.2) is 188 Å². The average molecular weight is 799 g/mol. The lowest BCUT2D eigenvalue weighted by Crippen LogP contribution is -2.32. The van der Waals surface area contributed by atoms with Crippen molar-refractivity contribution in [1.29, 1.82) is 0 Å². The minimum absolute atomic E-state index is 0.0302. The largest absolute Gasteiger partial charge is 0.457 e. The van der Waals surface area contributed by atoms with Crippen LogP contribution < -0.4 is 4.74 Å². The van der Waals surface area contributed by atoms with Crippen LogP contribution in [0.3, 0.4) is 0 Å². The monoisotopic (exact) mass is 798 g/mol. The number of benzene rings is 9. The van der Waals surface area contributed by atoms with E-state index >= 15 is 0 Å². The van der Waals surface area contributed by atoms with Gasteiger partial charge in [0.2, 0.25) is 0 Å². The molecule has 1 aromatic heterocycles. The fourth-order valence-electron chi connectivity index (χ4n) is 11.7. The lowest BCUT2D eigenvalue weighted by molar-refractivity contribution is 0.436. The first-order valence-electron chi connectivity index (χ1n) is 21.7. The van der Waals surface area contributed by atoms with Crippen LogP contribution in [-0.2, 0) is 17.3 Å². The third kappa shape index (κ3) is 4.83. The number of aryl methyl sites for hydroxylation is 1. The van der Waals surface area contributed by atoms with E-state index in [1.807, 2.05) is 11.3 Å². The molecule has 2 heteroatoms. The van der Waals surface area contributed by atoms with Crippen molar-refractivity contribution in [1.82, 2.24) is 0 Å². The fourth-order valence-corrected chi connectivity index (χ4v) is 12.9. The Morgan fingerprint density at radius 1 is 0.492 bits per heavy atom. The van der Waals surface area contributed by atoms with Crippen molar-refractivity contribution in [2.75, 3.05) is 0 Å². The molecule has 1 spiro atoms. The lowest BCUT2D eigenvalue weighted by atomic mass is 9.66. The van der Waals surface area contributed by atoms with Gasteiger partial charge < -0.3 is 4.74 Å². The Balaban J connectivity index is 1.03. The average Bonchev–Trinajstić information content (AvgIpc) is 3.91. The molecular weight excluding hydrogens is 757 g/mol. The summed E-state index contributed by atoms with van der Waals surface area (Å²) in [6.45, 7) is 4.78. The summed E-state index contributed by atoms with van der Waals surface area (Å²) in [5.41, 5.74) is 17.0. The van der Waals surface area contributed by atoms with Crippen molar-refractivity contribution in [3.8, 4) is 33.8 Å². The van der Waals surface area contributed by atoms with Crippen molar-refractivity contribution in [3.05, 3.63) is 238 Å². The van der Waals surface area contributed by atoms with Crippen molar-refractivity contribution < 1.29 is 4.74 Å². The number of fused-ring (bicyclic) bond motifs is 17. The molecule has 0 fully saturated rings. The van der Waals surface area contributed by atoms with E-state index in [2.05, 4.69) is 202 Å². The molecule has 1 nitrogen and oxygen atoms in total. The van der Waals surface area contributed by atoms with E-state index in [0.717, 1.165) is 24.3 Å². The van der Waals surface area contributed by atoms with E-state index < -0.39 is 5.41 Å². The summed E-state index contributed by atoms with van der Waals surface area (Å²) in [4.78, 5) is 0. The summed E-state index contributed by atoms with van der Waals surface area (Å²) in [7, 11) is 0. The number of para-hydroxylation sites is 2. The van der Waals surface area contributed by atoms with Crippen LogP contribution in [0.2, 0.25) is 0 Å². The highest BCUT2D eigenvalue weighted by atomic mass is 32.1. The fraction of sp³-hybridized carbons (Fsp3) is 0.119. The van der Waals surface area contributed by atoms with Gasteiger partial charge in [0, 0.05) is 42.6 Å². The summed E-state index contributed by atoms with van der Waals surface area (Å²) in [5.74, 6) is 2.02. The van der Waals surface area contributed by atoms with Gasteiger partial charge in [0.25, 0.3) is 0 Å². The van der Waals surface area contributed by atoms with Gasteiger partial charge in [0.1, 0.15) is 11.5 Å². The van der Waals surface area contributed by atoms with Crippen LogP contribution >= 0.6 is 11.3 Å². The summed E-state index contributed by atoms with van der Waals surface area (Å²) < 4.78 is 9.44. The highest BCUT2D eigenvalue weighted by molar-refractivity contribution is 7.26. The molecule has 61 heavy (non-hydrogen) atoms. The molecule has 3 aliphatic rings. The number of hydrogen-bond donors (Lipinski definition) is 0. The standard InChI is InChI=1S/C59H42OS/c1-58(2)47-20-7-5-16-41(47)42-31-27-36(34-52(42)58)26-30-39(44-18-13-19-45-43-17-6-12-25-55(43)61-57(44)45)38-29-32-48-46(35-38)56-40-15-4-3-14-37(40)28-33-51(56)59(48)49-21-8-10-23-53(49)60-54-24-11-9-22-50(54)59/h3-25,27-29,31-35,39H,26,30H2,1-2H3. The third-order valence-corrected chi connectivity index (χ3v) is 15.7. The Kier molecular flexibility index (Phi) is 7.40. The Labute approximate surface area is 360 Å². The van der Waals surface area contributed by atoms with Gasteiger partial charge in [-0.2, -0.15) is 0 Å². The van der Waals surface area contributed by atoms with Crippen molar-refractivity contribution in [2.45, 2.75) is 43.4 Å². The molecule has 2 aliphatic carbocycles. The topological polar surface area (TPSA) is 9.23 Å². The zero-order valence-electron chi connectivity index (χ0n) is 34.2. The molecule has 0 amide bonds. The van der Waals surface area contributed by atoms with Gasteiger partial charge in [-0.15, -0.1) is 11.3 Å². The maximum absolute atomic E-state index is 6.70. The van der Waals surface area contributed by atoms with Crippen LogP contribution in [0.25, 0.3) is 53.2 Å². The molecule has 290 valence electrons. The molecule has 0 bridgehead atoms. The quantitative estimate of drug-likeness (QED) is 0.169. The number of rotatable bonds is 5. The zero-order chi connectivity index (χ0) is 40.5. The second-order valence-electron chi connectivity index (χ2n) is 17.8. The first kappa shape index (κ1) is 35.1. The Bertz CT molecular complexity index is 3410. The molecule has 2 heterocycles. The van der Waals surface area contributed by atoms with Gasteiger partial charge in [-0.1, -0.05) is 184 Å². The van der Waals surface area contributed by atoms with E-state index in [1.54, 1.807) is 0 Å². The minimum Gasteiger partial charge on any atom is -0.457 e. The van der Waals surface area contributed by atoms with E-state index in [1.165, 1.54) is 103 Å². The molecule has 1 atom stereocenters. The second-order valence-corrected chi connectivity index (χ2v) is 18.9. The van der Waals surface area contributed by atoms with E-state index in [0.29, 0.717) is 0 Å². The van der Waals surface area contributed by atoms with Gasteiger partial charge in [-0.25, -0.2) is 0 Å². The molecular formula is C59H42OS. The van der Waals surface area contributed by atoms with Gasteiger partial charge in [0.15, 0.2) is 0 Å². The maximum Gasteiger partial charge on any atom is 0.132 e. The number of hydrogen-bond acceptors (Lipinski definition) is 2. The second kappa shape index (κ2) is 12.9. The molecule has 0 saturated heterocycles. The molecule has 1 aliphatic heterocycles. The summed E-state index contributed by atoms with van der Waals surface area (Å²) in [6, 6.07) is 70.8. The third-order valence-electron chi connectivity index (χ3n) is 14.4.